The molecule has 0 saturated carbocycles. The van der Waals surface area contributed by atoms with Gasteiger partial charge in [-0.05, 0) is 13.1 Å². The summed E-state index contributed by atoms with van der Waals surface area (Å²) in [5.41, 5.74) is 0.557. The van der Waals surface area contributed by atoms with E-state index in [1.807, 2.05) is 0 Å². The van der Waals surface area contributed by atoms with Gasteiger partial charge in [-0.15, -0.1) is 0 Å². The van der Waals surface area contributed by atoms with E-state index in [-0.39, 0.29) is 10.6 Å². The lowest BCUT2D eigenvalue weighted by atomic mass is 10.2. The average molecular weight is 226 g/mol. The van der Waals surface area contributed by atoms with Crippen LogP contribution >= 0.6 is 0 Å². The average Bonchev–Trinajstić information content (AvgIpc) is 2.28. The van der Waals surface area contributed by atoms with Crippen molar-refractivity contribution in [2.24, 2.45) is 0 Å². The van der Waals surface area contributed by atoms with E-state index in [1.54, 1.807) is 0 Å². The lowest BCUT2D eigenvalue weighted by molar-refractivity contribution is 0.111. The zero-order chi connectivity index (χ0) is 11.5. The van der Waals surface area contributed by atoms with Gasteiger partial charge < -0.3 is 0 Å². The lowest BCUT2D eigenvalue weighted by Crippen LogP contribution is -2.19. The molecule has 0 bridgehead atoms. The van der Waals surface area contributed by atoms with Crippen LogP contribution in [0.3, 0.4) is 0 Å². The molecule has 0 atom stereocenters. The van der Waals surface area contributed by atoms with Gasteiger partial charge in [0.15, 0.2) is 6.29 Å². The van der Waals surface area contributed by atoms with E-state index in [1.165, 1.54) is 19.2 Å². The zero-order valence-corrected chi connectivity index (χ0v) is 8.91. The molecule has 0 fully saturated rings. The monoisotopic (exact) mass is 226 g/mol. The SMILES string of the molecule is C=Cc1cc(S(=O)(=O)NC)cnc1C=O. The molecule has 0 saturated heterocycles. The zero-order valence-electron chi connectivity index (χ0n) is 8.10. The Morgan fingerprint density at radius 2 is 2.20 bits per heavy atom. The van der Waals surface area contributed by atoms with Crippen molar-refractivity contribution in [3.05, 3.63) is 30.1 Å². The first-order valence-electron chi connectivity index (χ1n) is 4.06. The van der Waals surface area contributed by atoms with E-state index in [2.05, 4.69) is 16.3 Å². The number of aldehydes is 1. The van der Waals surface area contributed by atoms with Crippen molar-refractivity contribution < 1.29 is 13.2 Å². The Kier molecular flexibility index (Phi) is 3.33. The van der Waals surface area contributed by atoms with Gasteiger partial charge in [0, 0.05) is 11.8 Å². The Balaban J connectivity index is 3.38. The Morgan fingerprint density at radius 1 is 1.53 bits per heavy atom. The third-order valence-electron chi connectivity index (χ3n) is 1.83. The minimum atomic E-state index is -3.53. The van der Waals surface area contributed by atoms with Crippen LogP contribution in [0.1, 0.15) is 16.1 Å². The standard InChI is InChI=1S/C9H10N2O3S/c1-3-7-4-8(15(13,14)10-2)5-11-9(7)6-12/h3-6,10H,1H2,2H3. The smallest absolute Gasteiger partial charge is 0.241 e. The predicted molar refractivity (Wildman–Crippen MR) is 56.0 cm³/mol. The fraction of sp³-hybridized carbons (Fsp3) is 0.111. The Morgan fingerprint density at radius 3 is 2.67 bits per heavy atom. The lowest BCUT2D eigenvalue weighted by Gasteiger charge is -2.04. The van der Waals surface area contributed by atoms with Gasteiger partial charge in [0.1, 0.15) is 10.6 Å². The summed E-state index contributed by atoms with van der Waals surface area (Å²) in [7, 11) is -2.23. The van der Waals surface area contributed by atoms with Crippen molar-refractivity contribution in [3.8, 4) is 0 Å². The quantitative estimate of drug-likeness (QED) is 0.756. The number of aromatic nitrogens is 1. The minimum absolute atomic E-state index is 0.00509. The number of pyridine rings is 1. The van der Waals surface area contributed by atoms with Crippen LogP contribution in [0.4, 0.5) is 0 Å². The molecule has 0 radical (unpaired) electrons. The third kappa shape index (κ3) is 2.28. The Bertz CT molecular complexity index is 494. The maximum absolute atomic E-state index is 11.4. The van der Waals surface area contributed by atoms with E-state index in [0.29, 0.717) is 11.8 Å². The van der Waals surface area contributed by atoms with Crippen molar-refractivity contribution in [2.45, 2.75) is 4.90 Å². The highest BCUT2D eigenvalue weighted by molar-refractivity contribution is 7.89. The second-order valence-electron chi connectivity index (χ2n) is 2.68. The number of carbonyl (C=O) groups is 1. The molecule has 0 aliphatic carbocycles. The molecule has 6 heteroatoms. The third-order valence-corrected chi connectivity index (χ3v) is 3.22. The normalized spacial score (nSPS) is 11.0. The van der Waals surface area contributed by atoms with Crippen molar-refractivity contribution in [2.75, 3.05) is 7.05 Å². The number of nitrogens with one attached hydrogen (secondary N) is 1. The first-order valence-corrected chi connectivity index (χ1v) is 5.54. The molecule has 0 aromatic carbocycles. The minimum Gasteiger partial charge on any atom is -0.296 e. The van der Waals surface area contributed by atoms with Crippen LogP contribution in [0.2, 0.25) is 0 Å². The largest absolute Gasteiger partial charge is 0.296 e. The van der Waals surface area contributed by atoms with E-state index >= 15 is 0 Å². The van der Waals surface area contributed by atoms with Crippen molar-refractivity contribution >= 4 is 22.4 Å². The molecule has 1 N–H and O–H groups in total. The van der Waals surface area contributed by atoms with E-state index in [0.717, 1.165) is 6.20 Å². The van der Waals surface area contributed by atoms with Gasteiger partial charge in [0.2, 0.25) is 10.0 Å². The number of rotatable bonds is 4. The molecule has 0 spiro atoms. The summed E-state index contributed by atoms with van der Waals surface area (Å²) >= 11 is 0. The summed E-state index contributed by atoms with van der Waals surface area (Å²) in [5.74, 6) is 0. The second kappa shape index (κ2) is 4.33. The van der Waals surface area contributed by atoms with Gasteiger partial charge in [-0.1, -0.05) is 12.7 Å². The first-order chi connectivity index (χ1) is 7.05. The fourth-order valence-electron chi connectivity index (χ4n) is 0.999. The molecular formula is C9H10N2O3S. The van der Waals surface area contributed by atoms with Crippen LogP contribution in [0, 0.1) is 0 Å². The number of hydrogen-bond donors (Lipinski definition) is 1. The highest BCUT2D eigenvalue weighted by Crippen LogP contribution is 2.12. The fourth-order valence-corrected chi connectivity index (χ4v) is 1.71. The van der Waals surface area contributed by atoms with Gasteiger partial charge in [-0.25, -0.2) is 13.1 Å². The van der Waals surface area contributed by atoms with Gasteiger partial charge in [-0.3, -0.25) is 9.78 Å². The topological polar surface area (TPSA) is 76.1 Å². The molecule has 1 aromatic rings. The van der Waals surface area contributed by atoms with Crippen LogP contribution in [-0.4, -0.2) is 26.7 Å². The molecule has 0 aliphatic heterocycles. The molecule has 1 heterocycles. The summed E-state index contributed by atoms with van der Waals surface area (Å²) in [6, 6.07) is 1.34. The van der Waals surface area contributed by atoms with Gasteiger partial charge >= 0.3 is 0 Å². The Labute approximate surface area is 87.9 Å². The van der Waals surface area contributed by atoms with Crippen LogP contribution in [0.15, 0.2) is 23.7 Å². The first kappa shape index (κ1) is 11.5. The van der Waals surface area contributed by atoms with E-state index in [4.69, 9.17) is 0 Å². The molecule has 15 heavy (non-hydrogen) atoms. The molecule has 0 amide bonds. The predicted octanol–water partition coefficient (Wildman–Crippen LogP) is 0.445. The molecule has 1 rings (SSSR count). The van der Waals surface area contributed by atoms with Crippen LogP contribution < -0.4 is 4.72 Å². The van der Waals surface area contributed by atoms with Crippen molar-refractivity contribution in [1.29, 1.82) is 0 Å². The number of sulfonamides is 1. The molecule has 0 aliphatic rings. The van der Waals surface area contributed by atoms with Crippen molar-refractivity contribution in [1.82, 2.24) is 9.71 Å². The highest BCUT2D eigenvalue weighted by atomic mass is 32.2. The summed E-state index contributed by atoms with van der Waals surface area (Å²) < 4.78 is 24.9. The molecule has 0 unspecified atom stereocenters. The highest BCUT2D eigenvalue weighted by Gasteiger charge is 2.13. The molecule has 80 valence electrons. The van der Waals surface area contributed by atoms with Crippen LogP contribution in [0.25, 0.3) is 6.08 Å². The van der Waals surface area contributed by atoms with Gasteiger partial charge in [-0.2, -0.15) is 0 Å². The maximum Gasteiger partial charge on any atom is 0.241 e. The number of carbonyl (C=O) groups excluding carboxylic acids is 1. The molecular weight excluding hydrogens is 216 g/mol. The van der Waals surface area contributed by atoms with E-state index < -0.39 is 10.0 Å². The number of nitrogens with zero attached hydrogens (tertiary/aromatic N) is 1. The van der Waals surface area contributed by atoms with Crippen molar-refractivity contribution in [3.63, 3.8) is 0 Å². The summed E-state index contributed by atoms with van der Waals surface area (Å²) in [4.78, 5) is 14.3. The van der Waals surface area contributed by atoms with Crippen LogP contribution in [0.5, 0.6) is 0 Å². The van der Waals surface area contributed by atoms with Gasteiger partial charge in [0.05, 0.1) is 0 Å². The van der Waals surface area contributed by atoms with Crippen LogP contribution in [-0.2, 0) is 10.0 Å². The molecule has 5 nitrogen and oxygen atoms in total. The van der Waals surface area contributed by atoms with Gasteiger partial charge in [0.25, 0.3) is 0 Å². The molecule has 1 aromatic heterocycles. The van der Waals surface area contributed by atoms with E-state index in [9.17, 15) is 13.2 Å². The second-order valence-corrected chi connectivity index (χ2v) is 4.56. The Hall–Kier alpha value is -1.53. The maximum atomic E-state index is 11.4. The summed E-state index contributed by atoms with van der Waals surface area (Å²) in [5, 5.41) is 0. The number of hydrogen-bond acceptors (Lipinski definition) is 4. The summed E-state index contributed by atoms with van der Waals surface area (Å²) in [6.07, 6.45) is 3.06. The summed E-state index contributed by atoms with van der Waals surface area (Å²) in [6.45, 7) is 3.47.